The molecule has 0 spiro atoms. The van der Waals surface area contributed by atoms with E-state index in [1.165, 1.54) is 35.7 Å². The average molecular weight is 214 g/mol. The predicted molar refractivity (Wildman–Crippen MR) is 67.4 cm³/mol. The molecule has 0 atom stereocenters. The third-order valence-corrected chi connectivity index (χ3v) is 3.87. The van der Waals surface area contributed by atoms with Crippen molar-refractivity contribution in [3.8, 4) is 0 Å². The Morgan fingerprint density at radius 3 is 2.88 bits per heavy atom. The van der Waals surface area contributed by atoms with E-state index in [1.807, 2.05) is 0 Å². The summed E-state index contributed by atoms with van der Waals surface area (Å²) in [5.41, 5.74) is 8.35. The molecular formula is C14H18N2. The third-order valence-electron chi connectivity index (χ3n) is 3.87. The van der Waals surface area contributed by atoms with E-state index in [2.05, 4.69) is 35.4 Å². The molecule has 0 unspecified atom stereocenters. The maximum atomic E-state index is 5.59. The Balaban J connectivity index is 1.81. The Labute approximate surface area is 95.8 Å². The molecule has 1 aromatic heterocycles. The molecule has 0 amide bonds. The minimum Gasteiger partial charge on any atom is -0.361 e. The van der Waals surface area contributed by atoms with Crippen LogP contribution >= 0.6 is 0 Å². The number of hydrogen-bond donors (Lipinski definition) is 2. The van der Waals surface area contributed by atoms with Crippen LogP contribution in [0.5, 0.6) is 0 Å². The molecule has 3 rings (SSSR count). The van der Waals surface area contributed by atoms with Crippen LogP contribution in [0.15, 0.2) is 30.5 Å². The van der Waals surface area contributed by atoms with Crippen molar-refractivity contribution in [3.05, 3.63) is 36.0 Å². The monoisotopic (exact) mass is 214 g/mol. The van der Waals surface area contributed by atoms with E-state index in [-0.39, 0.29) is 0 Å². The first kappa shape index (κ1) is 9.91. The van der Waals surface area contributed by atoms with E-state index < -0.39 is 0 Å². The molecule has 1 fully saturated rings. The van der Waals surface area contributed by atoms with Gasteiger partial charge in [0.15, 0.2) is 0 Å². The zero-order valence-corrected chi connectivity index (χ0v) is 9.45. The lowest BCUT2D eigenvalue weighted by Gasteiger charge is -2.35. The van der Waals surface area contributed by atoms with Gasteiger partial charge in [0, 0.05) is 17.1 Å². The molecule has 0 radical (unpaired) electrons. The highest BCUT2D eigenvalue weighted by molar-refractivity contribution is 5.83. The number of aromatic amines is 1. The van der Waals surface area contributed by atoms with E-state index >= 15 is 0 Å². The zero-order chi connectivity index (χ0) is 11.0. The van der Waals surface area contributed by atoms with Gasteiger partial charge in [-0.3, -0.25) is 0 Å². The lowest BCUT2D eigenvalue weighted by molar-refractivity contribution is 0.253. The van der Waals surface area contributed by atoms with Crippen LogP contribution in [0.4, 0.5) is 0 Å². The maximum absolute atomic E-state index is 5.59. The summed E-state index contributed by atoms with van der Waals surface area (Å²) in [6.07, 6.45) is 6.02. The number of nitrogens with one attached hydrogen (secondary N) is 1. The van der Waals surface area contributed by atoms with Crippen molar-refractivity contribution in [1.82, 2.24) is 4.98 Å². The van der Waals surface area contributed by atoms with Crippen molar-refractivity contribution in [1.29, 1.82) is 0 Å². The van der Waals surface area contributed by atoms with E-state index in [4.69, 9.17) is 5.73 Å². The molecule has 1 heterocycles. The summed E-state index contributed by atoms with van der Waals surface area (Å²) in [6.45, 7) is 0.839. The second-order valence-electron chi connectivity index (χ2n) is 4.90. The van der Waals surface area contributed by atoms with Crippen molar-refractivity contribution in [2.75, 3.05) is 6.54 Å². The largest absolute Gasteiger partial charge is 0.361 e. The van der Waals surface area contributed by atoms with Crippen molar-refractivity contribution in [2.45, 2.75) is 25.2 Å². The van der Waals surface area contributed by atoms with Gasteiger partial charge >= 0.3 is 0 Å². The van der Waals surface area contributed by atoms with Gasteiger partial charge in [0.2, 0.25) is 0 Å². The molecule has 1 saturated carbocycles. The van der Waals surface area contributed by atoms with Crippen LogP contribution < -0.4 is 5.73 Å². The molecule has 1 aliphatic carbocycles. The second-order valence-corrected chi connectivity index (χ2v) is 4.90. The Kier molecular flexibility index (Phi) is 2.44. The molecule has 16 heavy (non-hydrogen) atoms. The standard InChI is InChI=1S/C14H18N2/c15-6-5-10-7-11(8-10)13-9-16-14-4-2-1-3-12(13)14/h1-4,9-11,16H,5-8,15H2. The SMILES string of the molecule is NCCC1CC(c2c[nH]c3ccccc23)C1. The maximum Gasteiger partial charge on any atom is 0.0456 e. The molecule has 2 nitrogen and oxygen atoms in total. The number of hydrogen-bond acceptors (Lipinski definition) is 1. The highest BCUT2D eigenvalue weighted by atomic mass is 14.7. The van der Waals surface area contributed by atoms with Gasteiger partial charge in [-0.05, 0) is 49.3 Å². The summed E-state index contributed by atoms with van der Waals surface area (Å²) >= 11 is 0. The van der Waals surface area contributed by atoms with Crippen molar-refractivity contribution in [2.24, 2.45) is 11.7 Å². The fourth-order valence-electron chi connectivity index (χ4n) is 2.89. The van der Waals surface area contributed by atoms with Crippen LogP contribution in [0.25, 0.3) is 10.9 Å². The minimum atomic E-state index is 0.757. The molecule has 0 bridgehead atoms. The lowest BCUT2D eigenvalue weighted by atomic mass is 9.70. The van der Waals surface area contributed by atoms with Crippen molar-refractivity contribution < 1.29 is 0 Å². The first-order valence-electron chi connectivity index (χ1n) is 6.14. The molecule has 2 heteroatoms. The summed E-state index contributed by atoms with van der Waals surface area (Å²) in [6, 6.07) is 8.57. The molecular weight excluding hydrogens is 196 g/mol. The van der Waals surface area contributed by atoms with Gasteiger partial charge in [0.25, 0.3) is 0 Å². The van der Waals surface area contributed by atoms with Gasteiger partial charge in [-0.15, -0.1) is 0 Å². The number of fused-ring (bicyclic) bond motifs is 1. The van der Waals surface area contributed by atoms with Gasteiger partial charge in [-0.1, -0.05) is 18.2 Å². The molecule has 0 saturated heterocycles. The number of rotatable bonds is 3. The fraction of sp³-hybridized carbons (Fsp3) is 0.429. The molecule has 1 aliphatic rings. The summed E-state index contributed by atoms with van der Waals surface area (Å²) in [5, 5.41) is 1.40. The number of para-hydroxylation sites is 1. The van der Waals surface area contributed by atoms with Crippen molar-refractivity contribution >= 4 is 10.9 Å². The molecule has 0 aliphatic heterocycles. The number of nitrogens with two attached hydrogens (primary N) is 1. The first-order chi connectivity index (χ1) is 7.88. The third kappa shape index (κ3) is 1.54. The van der Waals surface area contributed by atoms with Crippen LogP contribution in [0.3, 0.4) is 0 Å². The summed E-state index contributed by atoms with van der Waals surface area (Å²) in [4.78, 5) is 3.36. The average Bonchev–Trinajstić information content (AvgIpc) is 2.66. The van der Waals surface area contributed by atoms with Crippen LogP contribution in [-0.2, 0) is 0 Å². The highest BCUT2D eigenvalue weighted by Crippen LogP contribution is 2.45. The Morgan fingerprint density at radius 2 is 2.06 bits per heavy atom. The van der Waals surface area contributed by atoms with Crippen LogP contribution in [0.2, 0.25) is 0 Å². The van der Waals surface area contributed by atoms with E-state index in [9.17, 15) is 0 Å². The van der Waals surface area contributed by atoms with E-state index in [1.54, 1.807) is 0 Å². The van der Waals surface area contributed by atoms with Gasteiger partial charge in [0.05, 0.1) is 0 Å². The highest BCUT2D eigenvalue weighted by Gasteiger charge is 2.30. The first-order valence-corrected chi connectivity index (χ1v) is 6.14. The fourth-order valence-corrected chi connectivity index (χ4v) is 2.89. The molecule has 3 N–H and O–H groups in total. The van der Waals surface area contributed by atoms with Crippen LogP contribution in [-0.4, -0.2) is 11.5 Å². The number of benzene rings is 1. The normalized spacial score (nSPS) is 24.6. The second kappa shape index (κ2) is 3.95. The van der Waals surface area contributed by atoms with E-state index in [0.29, 0.717) is 0 Å². The van der Waals surface area contributed by atoms with Crippen LogP contribution in [0.1, 0.15) is 30.7 Å². The summed E-state index contributed by atoms with van der Waals surface area (Å²) in [7, 11) is 0. The van der Waals surface area contributed by atoms with Crippen molar-refractivity contribution in [3.63, 3.8) is 0 Å². The summed E-state index contributed by atoms with van der Waals surface area (Å²) in [5.74, 6) is 1.62. The smallest absolute Gasteiger partial charge is 0.0456 e. The number of H-pyrrole nitrogens is 1. The lowest BCUT2D eigenvalue weighted by Crippen LogP contribution is -2.24. The van der Waals surface area contributed by atoms with Gasteiger partial charge in [0.1, 0.15) is 0 Å². The Morgan fingerprint density at radius 1 is 1.25 bits per heavy atom. The Hall–Kier alpha value is -1.28. The molecule has 1 aromatic carbocycles. The molecule has 84 valence electrons. The topological polar surface area (TPSA) is 41.8 Å². The molecule has 2 aromatic rings. The van der Waals surface area contributed by atoms with Gasteiger partial charge < -0.3 is 10.7 Å². The van der Waals surface area contributed by atoms with Gasteiger partial charge in [-0.25, -0.2) is 0 Å². The number of aromatic nitrogens is 1. The van der Waals surface area contributed by atoms with Gasteiger partial charge in [-0.2, -0.15) is 0 Å². The quantitative estimate of drug-likeness (QED) is 0.810. The summed E-state index contributed by atoms with van der Waals surface area (Å²) < 4.78 is 0. The van der Waals surface area contributed by atoms with Crippen LogP contribution in [0, 0.1) is 5.92 Å². The zero-order valence-electron chi connectivity index (χ0n) is 9.45. The predicted octanol–water partition coefficient (Wildman–Crippen LogP) is 3.01. The Bertz CT molecular complexity index is 480. The van der Waals surface area contributed by atoms with E-state index in [0.717, 1.165) is 18.4 Å². The minimum absolute atomic E-state index is 0.757.